The van der Waals surface area contributed by atoms with Crippen LogP contribution in [0.5, 0.6) is 0 Å². The van der Waals surface area contributed by atoms with E-state index in [0.29, 0.717) is 6.54 Å². The number of rotatable bonds is 4. The van der Waals surface area contributed by atoms with Crippen molar-refractivity contribution >= 4 is 5.91 Å². The van der Waals surface area contributed by atoms with Gasteiger partial charge in [-0.2, -0.15) is 5.10 Å². The van der Waals surface area contributed by atoms with Gasteiger partial charge in [-0.05, 0) is 13.0 Å². The fourth-order valence-corrected chi connectivity index (χ4v) is 1.50. The second-order valence-electron chi connectivity index (χ2n) is 3.87. The van der Waals surface area contributed by atoms with Gasteiger partial charge in [0.25, 0.3) is 0 Å². The number of hydrogen-bond acceptors (Lipinski definition) is 3. The van der Waals surface area contributed by atoms with Crippen LogP contribution in [-0.2, 0) is 11.3 Å². The van der Waals surface area contributed by atoms with Gasteiger partial charge in [0.1, 0.15) is 0 Å². The van der Waals surface area contributed by atoms with E-state index < -0.39 is 0 Å². The van der Waals surface area contributed by atoms with E-state index in [1.54, 1.807) is 0 Å². The summed E-state index contributed by atoms with van der Waals surface area (Å²) in [4.78, 5) is 11.4. The van der Waals surface area contributed by atoms with Crippen LogP contribution in [0.2, 0.25) is 0 Å². The number of aryl methyl sites for hydroxylation is 1. The SMILES string of the molecule is Cc1ccn(CCNC(=O)C2CNC2)n1. The third-order valence-corrected chi connectivity index (χ3v) is 2.57. The summed E-state index contributed by atoms with van der Waals surface area (Å²) in [6.45, 7) is 4.96. The van der Waals surface area contributed by atoms with E-state index in [1.165, 1.54) is 0 Å². The zero-order valence-electron chi connectivity index (χ0n) is 8.86. The molecule has 5 nitrogen and oxygen atoms in total. The molecular formula is C10H16N4O. The van der Waals surface area contributed by atoms with Crippen LogP contribution < -0.4 is 10.6 Å². The Hall–Kier alpha value is -1.36. The molecule has 0 atom stereocenters. The third-order valence-electron chi connectivity index (χ3n) is 2.57. The zero-order chi connectivity index (χ0) is 10.7. The maximum absolute atomic E-state index is 11.4. The summed E-state index contributed by atoms with van der Waals surface area (Å²) in [5, 5.41) is 10.2. The minimum atomic E-state index is 0.151. The number of hydrogen-bond donors (Lipinski definition) is 2. The second-order valence-corrected chi connectivity index (χ2v) is 3.87. The van der Waals surface area contributed by atoms with Gasteiger partial charge in [-0.25, -0.2) is 0 Å². The first-order valence-electron chi connectivity index (χ1n) is 5.24. The van der Waals surface area contributed by atoms with Gasteiger partial charge < -0.3 is 10.6 Å². The molecule has 0 saturated carbocycles. The number of carbonyl (C=O) groups is 1. The van der Waals surface area contributed by atoms with Crippen molar-refractivity contribution in [2.75, 3.05) is 19.6 Å². The van der Waals surface area contributed by atoms with Crippen LogP contribution in [0, 0.1) is 12.8 Å². The van der Waals surface area contributed by atoms with E-state index in [0.717, 1.165) is 25.3 Å². The molecule has 2 heterocycles. The lowest BCUT2D eigenvalue weighted by atomic mass is 10.0. The van der Waals surface area contributed by atoms with Crippen molar-refractivity contribution in [1.29, 1.82) is 0 Å². The lowest BCUT2D eigenvalue weighted by Gasteiger charge is -2.25. The maximum atomic E-state index is 11.4. The van der Waals surface area contributed by atoms with Crippen molar-refractivity contribution in [3.8, 4) is 0 Å². The minimum Gasteiger partial charge on any atom is -0.354 e. The summed E-state index contributed by atoms with van der Waals surface area (Å²) in [5.74, 6) is 0.321. The smallest absolute Gasteiger partial charge is 0.225 e. The lowest BCUT2D eigenvalue weighted by molar-refractivity contribution is -0.126. The first kappa shape index (κ1) is 10.2. The van der Waals surface area contributed by atoms with Crippen LogP contribution in [0.4, 0.5) is 0 Å². The van der Waals surface area contributed by atoms with Crippen LogP contribution >= 0.6 is 0 Å². The molecule has 1 saturated heterocycles. The molecule has 1 aliphatic rings. The predicted octanol–water partition coefficient (Wildman–Crippen LogP) is -0.473. The highest BCUT2D eigenvalue weighted by Crippen LogP contribution is 2.01. The van der Waals surface area contributed by atoms with Crippen molar-refractivity contribution in [3.63, 3.8) is 0 Å². The molecule has 1 fully saturated rings. The Bertz CT molecular complexity index is 343. The highest BCUT2D eigenvalue weighted by atomic mass is 16.2. The summed E-state index contributed by atoms with van der Waals surface area (Å²) in [7, 11) is 0. The molecule has 1 amide bonds. The summed E-state index contributed by atoms with van der Waals surface area (Å²) in [5.41, 5.74) is 1.00. The summed E-state index contributed by atoms with van der Waals surface area (Å²) in [6.07, 6.45) is 1.92. The van der Waals surface area contributed by atoms with Gasteiger partial charge in [0.2, 0.25) is 5.91 Å². The van der Waals surface area contributed by atoms with Crippen molar-refractivity contribution in [2.45, 2.75) is 13.5 Å². The molecule has 15 heavy (non-hydrogen) atoms. The normalized spacial score (nSPS) is 16.1. The zero-order valence-corrected chi connectivity index (χ0v) is 8.86. The Labute approximate surface area is 88.8 Å². The number of carbonyl (C=O) groups excluding carboxylic acids is 1. The molecule has 0 spiro atoms. The molecule has 5 heteroatoms. The fourth-order valence-electron chi connectivity index (χ4n) is 1.50. The van der Waals surface area contributed by atoms with Crippen molar-refractivity contribution in [3.05, 3.63) is 18.0 Å². The van der Waals surface area contributed by atoms with Gasteiger partial charge in [0, 0.05) is 25.8 Å². The summed E-state index contributed by atoms with van der Waals surface area (Å²) >= 11 is 0. The highest BCUT2D eigenvalue weighted by molar-refractivity contribution is 5.79. The third kappa shape index (κ3) is 2.56. The highest BCUT2D eigenvalue weighted by Gasteiger charge is 2.23. The van der Waals surface area contributed by atoms with E-state index in [-0.39, 0.29) is 11.8 Å². The molecule has 1 aromatic rings. The van der Waals surface area contributed by atoms with Crippen LogP contribution in [0.25, 0.3) is 0 Å². The number of nitrogens with one attached hydrogen (secondary N) is 2. The Morgan fingerprint density at radius 3 is 3.07 bits per heavy atom. The fraction of sp³-hybridized carbons (Fsp3) is 0.600. The Balaban J connectivity index is 1.68. The monoisotopic (exact) mass is 208 g/mol. The van der Waals surface area contributed by atoms with E-state index in [1.807, 2.05) is 23.9 Å². The van der Waals surface area contributed by atoms with Crippen LogP contribution in [0.3, 0.4) is 0 Å². The minimum absolute atomic E-state index is 0.151. The standard InChI is InChI=1S/C10H16N4O/c1-8-2-4-14(13-8)5-3-12-10(15)9-6-11-7-9/h2,4,9,11H,3,5-7H2,1H3,(H,12,15). The molecule has 0 aliphatic carbocycles. The molecule has 1 aliphatic heterocycles. The first-order chi connectivity index (χ1) is 7.25. The molecule has 0 unspecified atom stereocenters. The number of nitrogens with zero attached hydrogens (tertiary/aromatic N) is 2. The summed E-state index contributed by atoms with van der Waals surface area (Å²) < 4.78 is 1.84. The molecule has 2 N–H and O–H groups in total. The first-order valence-corrected chi connectivity index (χ1v) is 5.24. The molecule has 1 aromatic heterocycles. The topological polar surface area (TPSA) is 59.0 Å². The maximum Gasteiger partial charge on any atom is 0.225 e. The van der Waals surface area contributed by atoms with Crippen molar-refractivity contribution in [1.82, 2.24) is 20.4 Å². The average Bonchev–Trinajstić information content (AvgIpc) is 2.48. The van der Waals surface area contributed by atoms with Gasteiger partial charge >= 0.3 is 0 Å². The van der Waals surface area contributed by atoms with Gasteiger partial charge in [0.05, 0.1) is 18.2 Å². The molecule has 2 rings (SSSR count). The Morgan fingerprint density at radius 2 is 2.53 bits per heavy atom. The van der Waals surface area contributed by atoms with Gasteiger partial charge in [-0.15, -0.1) is 0 Å². The Morgan fingerprint density at radius 1 is 1.73 bits per heavy atom. The van der Waals surface area contributed by atoms with Crippen molar-refractivity contribution < 1.29 is 4.79 Å². The average molecular weight is 208 g/mol. The van der Waals surface area contributed by atoms with E-state index in [9.17, 15) is 4.79 Å². The van der Waals surface area contributed by atoms with Crippen molar-refractivity contribution in [2.24, 2.45) is 5.92 Å². The van der Waals surface area contributed by atoms with Crippen LogP contribution in [0.15, 0.2) is 12.3 Å². The van der Waals surface area contributed by atoms with E-state index >= 15 is 0 Å². The number of amides is 1. The lowest BCUT2D eigenvalue weighted by Crippen LogP contribution is -2.51. The largest absolute Gasteiger partial charge is 0.354 e. The molecular weight excluding hydrogens is 192 g/mol. The van der Waals surface area contributed by atoms with E-state index in [4.69, 9.17) is 0 Å². The van der Waals surface area contributed by atoms with Crippen LogP contribution in [0.1, 0.15) is 5.69 Å². The molecule has 82 valence electrons. The quantitative estimate of drug-likeness (QED) is 0.703. The number of aromatic nitrogens is 2. The van der Waals surface area contributed by atoms with E-state index in [2.05, 4.69) is 15.7 Å². The van der Waals surface area contributed by atoms with Gasteiger partial charge in [-0.1, -0.05) is 0 Å². The molecule has 0 aromatic carbocycles. The van der Waals surface area contributed by atoms with Crippen LogP contribution in [-0.4, -0.2) is 35.3 Å². The van der Waals surface area contributed by atoms with Gasteiger partial charge in [-0.3, -0.25) is 9.48 Å². The predicted molar refractivity (Wildman–Crippen MR) is 56.3 cm³/mol. The van der Waals surface area contributed by atoms with Gasteiger partial charge in [0.15, 0.2) is 0 Å². The summed E-state index contributed by atoms with van der Waals surface area (Å²) in [6, 6.07) is 1.96. The molecule has 0 radical (unpaired) electrons. The second kappa shape index (κ2) is 4.44. The Kier molecular flexibility index (Phi) is 3.01. The molecule has 0 bridgehead atoms.